The lowest BCUT2D eigenvalue weighted by Gasteiger charge is -2.40. The summed E-state index contributed by atoms with van der Waals surface area (Å²) in [6, 6.07) is 1.96. The lowest BCUT2D eigenvalue weighted by molar-refractivity contribution is -0.141. The summed E-state index contributed by atoms with van der Waals surface area (Å²) in [5.41, 5.74) is -0.565. The Balaban J connectivity index is 1.32. The molecule has 4 heterocycles. The Morgan fingerprint density at radius 1 is 1.17 bits per heavy atom. The summed E-state index contributed by atoms with van der Waals surface area (Å²) >= 11 is 0. The predicted octanol–water partition coefficient (Wildman–Crippen LogP) is 2.44. The third-order valence-electron chi connectivity index (χ3n) is 4.57. The summed E-state index contributed by atoms with van der Waals surface area (Å²) in [5.74, 6) is -0.676. The van der Waals surface area contributed by atoms with E-state index in [-0.39, 0.29) is 18.2 Å². The summed E-state index contributed by atoms with van der Waals surface area (Å²) in [5, 5.41) is 0. The number of halogens is 3. The second-order valence-electron chi connectivity index (χ2n) is 6.70. The van der Waals surface area contributed by atoms with Gasteiger partial charge >= 0.3 is 18.2 Å². The van der Waals surface area contributed by atoms with Crippen LogP contribution in [0.5, 0.6) is 5.88 Å². The lowest BCUT2D eigenvalue weighted by Crippen LogP contribution is -2.48. The average molecular weight is 420 g/mol. The fourth-order valence-electron chi connectivity index (χ4n) is 3.07. The van der Waals surface area contributed by atoms with Crippen molar-refractivity contribution in [3.05, 3.63) is 55.3 Å². The Labute approximate surface area is 167 Å². The van der Waals surface area contributed by atoms with Crippen molar-refractivity contribution in [1.82, 2.24) is 24.1 Å². The smallest absolute Gasteiger partial charge is 0.407 e. The Bertz CT molecular complexity index is 1060. The van der Waals surface area contributed by atoms with Gasteiger partial charge < -0.3 is 9.64 Å². The van der Waals surface area contributed by atoms with Gasteiger partial charge in [0.1, 0.15) is 18.3 Å². The topological polar surface area (TPSA) is 95.1 Å². The normalized spacial score (nSPS) is 14.4. The molecule has 30 heavy (non-hydrogen) atoms. The molecule has 156 valence electrons. The molecular formula is C18H15F3N6O3. The molecule has 4 rings (SSSR count). The molecule has 1 aliphatic rings. The number of carbonyl (C=O) groups excluding carboxylic acids is 2. The first-order chi connectivity index (χ1) is 14.3. The van der Waals surface area contributed by atoms with E-state index in [9.17, 15) is 22.8 Å². The highest BCUT2D eigenvalue weighted by Crippen LogP contribution is 2.32. The molecule has 9 nitrogen and oxygen atoms in total. The number of imidazole rings is 2. The second-order valence-corrected chi connectivity index (χ2v) is 6.70. The minimum atomic E-state index is -4.51. The van der Waals surface area contributed by atoms with Gasteiger partial charge in [0, 0.05) is 43.3 Å². The van der Waals surface area contributed by atoms with Gasteiger partial charge in [0.05, 0.1) is 12.6 Å². The van der Waals surface area contributed by atoms with E-state index in [0.29, 0.717) is 18.8 Å². The molecule has 0 N–H and O–H groups in total. The number of hydrogen-bond acceptors (Lipinski definition) is 7. The van der Waals surface area contributed by atoms with Crippen LogP contribution in [0.4, 0.5) is 23.7 Å². The van der Waals surface area contributed by atoms with Gasteiger partial charge in [0.25, 0.3) is 0 Å². The Hall–Kier alpha value is -3.70. The summed E-state index contributed by atoms with van der Waals surface area (Å²) in [4.78, 5) is 37.2. The molecule has 0 unspecified atom stereocenters. The van der Waals surface area contributed by atoms with E-state index >= 15 is 0 Å². The first-order valence-electron chi connectivity index (χ1n) is 8.85. The summed E-state index contributed by atoms with van der Waals surface area (Å²) < 4.78 is 45.9. The van der Waals surface area contributed by atoms with Gasteiger partial charge in [-0.05, 0) is 12.1 Å². The van der Waals surface area contributed by atoms with Crippen molar-refractivity contribution in [3.8, 4) is 5.88 Å². The quantitative estimate of drug-likeness (QED) is 0.599. The van der Waals surface area contributed by atoms with Crippen LogP contribution in [0.15, 0.2) is 49.6 Å². The van der Waals surface area contributed by atoms with E-state index in [0.717, 1.165) is 16.8 Å². The van der Waals surface area contributed by atoms with Crippen LogP contribution >= 0.6 is 0 Å². The highest BCUT2D eigenvalue weighted by atomic mass is 19.4. The molecule has 0 saturated carbocycles. The number of esters is 1. The van der Waals surface area contributed by atoms with Crippen LogP contribution in [0.2, 0.25) is 0 Å². The standard InChI is InChI=1S/C18H15F3N6O3/c19-18(20,21)14-6-13(1-2-24-14)26-8-12(9-26)5-16(28)30-15-7-23-11-27(15)17(29)25-4-3-22-10-25/h1-4,6-7,10-12H,5,8-9H2. The monoisotopic (exact) mass is 420 g/mol. The highest BCUT2D eigenvalue weighted by molar-refractivity contribution is 5.81. The van der Waals surface area contributed by atoms with Gasteiger partial charge in [-0.1, -0.05) is 0 Å². The molecule has 0 aliphatic carbocycles. The molecule has 1 aliphatic heterocycles. The van der Waals surface area contributed by atoms with E-state index in [1.165, 1.54) is 41.9 Å². The van der Waals surface area contributed by atoms with Crippen LogP contribution in [-0.2, 0) is 11.0 Å². The number of rotatable bonds is 4. The molecule has 0 radical (unpaired) electrons. The van der Waals surface area contributed by atoms with Crippen molar-refractivity contribution >= 4 is 17.7 Å². The van der Waals surface area contributed by atoms with Gasteiger partial charge in [-0.25, -0.2) is 19.3 Å². The van der Waals surface area contributed by atoms with Crippen molar-refractivity contribution < 1.29 is 27.5 Å². The van der Waals surface area contributed by atoms with Crippen molar-refractivity contribution in [2.75, 3.05) is 18.0 Å². The van der Waals surface area contributed by atoms with Crippen LogP contribution in [-0.4, -0.2) is 49.2 Å². The number of alkyl halides is 3. The molecule has 0 bridgehead atoms. The molecule has 3 aromatic rings. The Morgan fingerprint density at radius 2 is 1.97 bits per heavy atom. The van der Waals surface area contributed by atoms with Crippen molar-refractivity contribution in [1.29, 1.82) is 0 Å². The van der Waals surface area contributed by atoms with E-state index < -0.39 is 23.9 Å². The summed E-state index contributed by atoms with van der Waals surface area (Å²) in [6.07, 6.45) is 3.30. The van der Waals surface area contributed by atoms with Gasteiger partial charge in [-0.3, -0.25) is 14.3 Å². The first kappa shape index (κ1) is 19.6. The maximum absolute atomic E-state index is 12.8. The molecular weight excluding hydrogens is 405 g/mol. The number of ether oxygens (including phenoxy) is 1. The molecule has 0 amide bonds. The molecule has 0 atom stereocenters. The number of pyridine rings is 1. The predicted molar refractivity (Wildman–Crippen MR) is 95.8 cm³/mol. The number of aromatic nitrogens is 5. The lowest BCUT2D eigenvalue weighted by atomic mass is 9.95. The van der Waals surface area contributed by atoms with Crippen molar-refractivity contribution in [3.63, 3.8) is 0 Å². The number of nitrogens with zero attached hydrogens (tertiary/aromatic N) is 6. The minimum Gasteiger partial charge on any atom is -0.407 e. The van der Waals surface area contributed by atoms with Crippen LogP contribution in [0.1, 0.15) is 12.1 Å². The van der Waals surface area contributed by atoms with E-state index in [1.54, 1.807) is 4.90 Å². The van der Waals surface area contributed by atoms with E-state index in [1.807, 2.05) is 0 Å². The highest BCUT2D eigenvalue weighted by Gasteiger charge is 2.35. The van der Waals surface area contributed by atoms with E-state index in [2.05, 4.69) is 15.0 Å². The number of carbonyl (C=O) groups is 2. The Kier molecular flexibility index (Phi) is 4.98. The third kappa shape index (κ3) is 4.02. The third-order valence-corrected chi connectivity index (χ3v) is 4.57. The number of hydrogen-bond donors (Lipinski definition) is 0. The summed E-state index contributed by atoms with van der Waals surface area (Å²) in [7, 11) is 0. The minimum absolute atomic E-state index is 0.0289. The number of anilines is 1. The van der Waals surface area contributed by atoms with Gasteiger partial charge in [0.2, 0.25) is 5.88 Å². The maximum Gasteiger partial charge on any atom is 0.433 e. The van der Waals surface area contributed by atoms with Crippen LogP contribution in [0.3, 0.4) is 0 Å². The Morgan fingerprint density at radius 3 is 2.67 bits per heavy atom. The molecule has 0 aromatic carbocycles. The fraction of sp³-hybridized carbons (Fsp3) is 0.278. The largest absolute Gasteiger partial charge is 0.433 e. The zero-order valence-electron chi connectivity index (χ0n) is 15.4. The van der Waals surface area contributed by atoms with E-state index in [4.69, 9.17) is 4.74 Å². The zero-order chi connectivity index (χ0) is 21.3. The molecule has 0 spiro atoms. The van der Waals surface area contributed by atoms with Gasteiger partial charge in [0.15, 0.2) is 0 Å². The van der Waals surface area contributed by atoms with Gasteiger partial charge in [-0.2, -0.15) is 13.2 Å². The molecule has 12 heteroatoms. The molecule has 3 aromatic heterocycles. The molecule has 1 saturated heterocycles. The SMILES string of the molecule is O=C(CC1CN(c2ccnc(C(F)(F)F)c2)C1)Oc1cncn1C(=O)n1ccnc1. The molecule has 1 fully saturated rings. The first-order valence-corrected chi connectivity index (χ1v) is 8.85. The van der Waals surface area contributed by atoms with Crippen molar-refractivity contribution in [2.45, 2.75) is 12.6 Å². The summed E-state index contributed by atoms with van der Waals surface area (Å²) in [6.45, 7) is 0.813. The van der Waals surface area contributed by atoms with Crippen LogP contribution < -0.4 is 9.64 Å². The van der Waals surface area contributed by atoms with Crippen LogP contribution in [0, 0.1) is 5.92 Å². The van der Waals surface area contributed by atoms with Gasteiger partial charge in [-0.15, -0.1) is 0 Å². The van der Waals surface area contributed by atoms with Crippen LogP contribution in [0.25, 0.3) is 0 Å². The van der Waals surface area contributed by atoms with Crippen molar-refractivity contribution in [2.24, 2.45) is 5.92 Å². The maximum atomic E-state index is 12.8. The fourth-order valence-corrected chi connectivity index (χ4v) is 3.07. The average Bonchev–Trinajstić information content (AvgIpc) is 3.35. The second kappa shape index (κ2) is 7.61. The zero-order valence-corrected chi connectivity index (χ0v) is 15.4.